The van der Waals surface area contributed by atoms with E-state index in [1.54, 1.807) is 36.4 Å². The molecular formula is C15H10Br2N2O3S. The summed E-state index contributed by atoms with van der Waals surface area (Å²) in [6.45, 7) is 0. The number of nitrogens with one attached hydrogen (secondary N) is 2. The maximum absolute atomic E-state index is 12.0. The van der Waals surface area contributed by atoms with Crippen molar-refractivity contribution in [3.8, 4) is 0 Å². The third kappa shape index (κ3) is 4.60. The molecule has 0 aliphatic carbocycles. The Labute approximate surface area is 154 Å². The molecule has 0 saturated carbocycles. The van der Waals surface area contributed by atoms with Gasteiger partial charge in [-0.15, -0.1) is 0 Å². The lowest BCUT2D eigenvalue weighted by Gasteiger charge is -2.14. The van der Waals surface area contributed by atoms with Crippen molar-refractivity contribution >= 4 is 66.8 Å². The molecule has 0 aliphatic heterocycles. The summed E-state index contributed by atoms with van der Waals surface area (Å²) in [6.07, 6.45) is 0. The summed E-state index contributed by atoms with van der Waals surface area (Å²) in [5, 5.41) is 14.5. The lowest BCUT2D eigenvalue weighted by atomic mass is 10.2. The number of hydrogen-bond acceptors (Lipinski definition) is 3. The van der Waals surface area contributed by atoms with Crippen LogP contribution in [-0.4, -0.2) is 22.1 Å². The zero-order chi connectivity index (χ0) is 17.0. The molecule has 23 heavy (non-hydrogen) atoms. The Balaban J connectivity index is 2.18. The predicted molar refractivity (Wildman–Crippen MR) is 98.9 cm³/mol. The van der Waals surface area contributed by atoms with Crippen LogP contribution in [0.1, 0.15) is 20.7 Å². The van der Waals surface area contributed by atoms with Crippen molar-refractivity contribution in [2.45, 2.75) is 0 Å². The Bertz CT molecular complexity index is 782. The molecule has 0 fully saturated rings. The lowest BCUT2D eigenvalue weighted by Crippen LogP contribution is -2.34. The molecule has 0 saturated heterocycles. The fourth-order valence-corrected chi connectivity index (χ4v) is 3.30. The summed E-state index contributed by atoms with van der Waals surface area (Å²) in [7, 11) is 0. The monoisotopic (exact) mass is 456 g/mol. The lowest BCUT2D eigenvalue weighted by molar-refractivity contribution is 0.0697. The molecule has 2 aromatic carbocycles. The smallest absolute Gasteiger partial charge is 0.337 e. The predicted octanol–water partition coefficient (Wildman–Crippen LogP) is 4.04. The van der Waals surface area contributed by atoms with E-state index in [4.69, 9.17) is 12.2 Å². The van der Waals surface area contributed by atoms with Gasteiger partial charge in [0.25, 0.3) is 5.91 Å². The molecule has 0 aliphatic rings. The Morgan fingerprint density at radius 3 is 2.35 bits per heavy atom. The molecule has 0 spiro atoms. The van der Waals surface area contributed by atoms with Crippen LogP contribution in [0.2, 0.25) is 0 Å². The highest BCUT2D eigenvalue weighted by Gasteiger charge is 2.16. The number of benzene rings is 2. The fourth-order valence-electron chi connectivity index (χ4n) is 1.78. The van der Waals surface area contributed by atoms with Gasteiger partial charge in [0.05, 0.1) is 11.3 Å². The molecule has 0 aromatic heterocycles. The van der Waals surface area contributed by atoms with Gasteiger partial charge >= 0.3 is 5.97 Å². The van der Waals surface area contributed by atoms with Gasteiger partial charge in [-0.1, -0.05) is 34.1 Å². The number of carboxylic acid groups (broad SMARTS) is 1. The first-order valence-electron chi connectivity index (χ1n) is 6.28. The van der Waals surface area contributed by atoms with Gasteiger partial charge in [0.1, 0.15) is 0 Å². The molecule has 0 radical (unpaired) electrons. The molecule has 0 bridgehead atoms. The minimum Gasteiger partial charge on any atom is -0.478 e. The van der Waals surface area contributed by atoms with Gasteiger partial charge in [-0.05, 0) is 52.4 Å². The molecule has 8 heteroatoms. The van der Waals surface area contributed by atoms with Gasteiger partial charge < -0.3 is 10.4 Å². The number of anilines is 1. The summed E-state index contributed by atoms with van der Waals surface area (Å²) in [5.41, 5.74) is 0.728. The largest absolute Gasteiger partial charge is 0.478 e. The topological polar surface area (TPSA) is 78.4 Å². The van der Waals surface area contributed by atoms with Gasteiger partial charge in [-0.3, -0.25) is 10.1 Å². The van der Waals surface area contributed by atoms with Gasteiger partial charge in [-0.25, -0.2) is 4.79 Å². The molecule has 0 heterocycles. The van der Waals surface area contributed by atoms with Crippen LogP contribution in [0, 0.1) is 0 Å². The minimum atomic E-state index is -1.12. The summed E-state index contributed by atoms with van der Waals surface area (Å²) >= 11 is 11.6. The first kappa shape index (κ1) is 17.6. The van der Waals surface area contributed by atoms with Crippen molar-refractivity contribution in [3.05, 3.63) is 62.5 Å². The Morgan fingerprint density at radius 2 is 1.74 bits per heavy atom. The van der Waals surface area contributed by atoms with Crippen molar-refractivity contribution in [2.75, 3.05) is 5.32 Å². The van der Waals surface area contributed by atoms with Crippen molar-refractivity contribution in [1.82, 2.24) is 5.32 Å². The molecule has 3 N–H and O–H groups in total. The highest BCUT2D eigenvalue weighted by atomic mass is 79.9. The Morgan fingerprint density at radius 1 is 1.09 bits per heavy atom. The average Bonchev–Trinajstić information content (AvgIpc) is 2.50. The number of carbonyl (C=O) groups excluding carboxylic acids is 1. The maximum atomic E-state index is 12.0. The van der Waals surface area contributed by atoms with Crippen LogP contribution in [0.3, 0.4) is 0 Å². The molecule has 5 nitrogen and oxygen atoms in total. The molecule has 0 atom stereocenters. The van der Waals surface area contributed by atoms with Crippen LogP contribution in [-0.2, 0) is 0 Å². The number of rotatable bonds is 3. The van der Waals surface area contributed by atoms with Gasteiger partial charge in [0.2, 0.25) is 0 Å². The van der Waals surface area contributed by atoms with Crippen LogP contribution in [0.25, 0.3) is 0 Å². The third-order valence-corrected chi connectivity index (χ3v) is 4.07. The van der Waals surface area contributed by atoms with Crippen LogP contribution in [0.15, 0.2) is 51.4 Å². The van der Waals surface area contributed by atoms with Gasteiger partial charge in [0, 0.05) is 14.5 Å². The number of amides is 1. The summed E-state index contributed by atoms with van der Waals surface area (Å²) in [4.78, 5) is 23.4. The van der Waals surface area contributed by atoms with Crippen molar-refractivity contribution in [3.63, 3.8) is 0 Å². The van der Waals surface area contributed by atoms with Crippen molar-refractivity contribution in [1.29, 1.82) is 0 Å². The van der Waals surface area contributed by atoms with Crippen LogP contribution in [0.5, 0.6) is 0 Å². The van der Waals surface area contributed by atoms with E-state index in [9.17, 15) is 14.7 Å². The molecule has 0 unspecified atom stereocenters. The number of thiocarbonyl (C=S) groups is 1. The second-order valence-corrected chi connectivity index (χ2v) is 6.57. The molecule has 2 aromatic rings. The van der Waals surface area contributed by atoms with E-state index in [0.29, 0.717) is 14.5 Å². The molecule has 1 amide bonds. The zero-order valence-corrected chi connectivity index (χ0v) is 15.5. The van der Waals surface area contributed by atoms with E-state index >= 15 is 0 Å². The van der Waals surface area contributed by atoms with Crippen molar-refractivity contribution < 1.29 is 14.7 Å². The van der Waals surface area contributed by atoms with Crippen LogP contribution < -0.4 is 10.6 Å². The average molecular weight is 458 g/mol. The number of halogens is 2. The highest BCUT2D eigenvalue weighted by Crippen LogP contribution is 2.30. The molecule has 118 valence electrons. The zero-order valence-electron chi connectivity index (χ0n) is 11.5. The normalized spacial score (nSPS) is 10.0. The summed E-state index contributed by atoms with van der Waals surface area (Å²) in [5.74, 6) is -1.50. The van der Waals surface area contributed by atoms with Gasteiger partial charge in [0.15, 0.2) is 5.11 Å². The Kier molecular flexibility index (Phi) is 5.86. The van der Waals surface area contributed by atoms with E-state index in [0.717, 1.165) is 0 Å². The quantitative estimate of drug-likeness (QED) is 0.606. The second kappa shape index (κ2) is 7.67. The van der Waals surface area contributed by atoms with E-state index in [-0.39, 0.29) is 22.3 Å². The summed E-state index contributed by atoms with van der Waals surface area (Å²) in [6, 6.07) is 11.7. The van der Waals surface area contributed by atoms with Crippen LogP contribution in [0.4, 0.5) is 5.69 Å². The van der Waals surface area contributed by atoms with E-state index in [1.807, 2.05) is 0 Å². The van der Waals surface area contributed by atoms with E-state index in [2.05, 4.69) is 42.5 Å². The second-order valence-electron chi connectivity index (χ2n) is 4.39. The number of hydrogen-bond donors (Lipinski definition) is 3. The minimum absolute atomic E-state index is 0.00405. The fraction of sp³-hybridized carbons (Fsp3) is 0. The van der Waals surface area contributed by atoms with E-state index in [1.165, 1.54) is 6.07 Å². The number of carbonyl (C=O) groups is 2. The standard InChI is InChI=1S/C15H10Br2N2O3S/c16-9-6-10(14(21)22)12(11(17)7-9)18-15(23)19-13(20)8-4-2-1-3-5-8/h1-7H,(H,21,22)(H2,18,19,20,23). The molecule has 2 rings (SSSR count). The van der Waals surface area contributed by atoms with Gasteiger partial charge in [-0.2, -0.15) is 0 Å². The SMILES string of the molecule is O=C(NC(=S)Nc1c(Br)cc(Br)cc1C(=O)O)c1ccccc1. The molecular weight excluding hydrogens is 448 g/mol. The van der Waals surface area contributed by atoms with E-state index < -0.39 is 5.97 Å². The number of carboxylic acids is 1. The maximum Gasteiger partial charge on any atom is 0.337 e. The summed E-state index contributed by atoms with van der Waals surface area (Å²) < 4.78 is 1.10. The highest BCUT2D eigenvalue weighted by molar-refractivity contribution is 9.11. The van der Waals surface area contributed by atoms with Crippen molar-refractivity contribution in [2.24, 2.45) is 0 Å². The number of aromatic carboxylic acids is 1. The first-order valence-corrected chi connectivity index (χ1v) is 8.27. The third-order valence-electron chi connectivity index (χ3n) is 2.79. The first-order chi connectivity index (χ1) is 10.9. The Hall–Kier alpha value is -1.77. The van der Waals surface area contributed by atoms with Crippen LogP contribution >= 0.6 is 44.1 Å².